The molecule has 2 unspecified atom stereocenters. The van der Waals surface area contributed by atoms with Crippen LogP contribution in [-0.2, 0) is 5.54 Å². The van der Waals surface area contributed by atoms with Gasteiger partial charge in [0.05, 0.1) is 7.11 Å². The molecule has 1 aliphatic rings. The Balaban J connectivity index is 2.23. The maximum Gasteiger partial charge on any atom is 0.119 e. The lowest BCUT2D eigenvalue weighted by Gasteiger charge is -2.40. The van der Waals surface area contributed by atoms with E-state index in [0.29, 0.717) is 0 Å². The number of methoxy groups -OCH3 is 1. The SMILES string of the molecule is COc1cccc(C2(N)CCCC(C(C)C)C2)c1. The zero-order valence-electron chi connectivity index (χ0n) is 11.8. The van der Waals surface area contributed by atoms with E-state index in [4.69, 9.17) is 10.5 Å². The molecule has 0 amide bonds. The van der Waals surface area contributed by atoms with E-state index in [1.54, 1.807) is 7.11 Å². The lowest BCUT2D eigenvalue weighted by atomic mass is 9.69. The Morgan fingerprint density at radius 3 is 2.83 bits per heavy atom. The van der Waals surface area contributed by atoms with E-state index < -0.39 is 0 Å². The summed E-state index contributed by atoms with van der Waals surface area (Å²) < 4.78 is 5.31. The molecule has 1 fully saturated rings. The van der Waals surface area contributed by atoms with Crippen molar-refractivity contribution < 1.29 is 4.74 Å². The molecule has 2 rings (SSSR count). The minimum Gasteiger partial charge on any atom is -0.497 e. The highest BCUT2D eigenvalue weighted by Gasteiger charge is 2.35. The molecule has 100 valence electrons. The summed E-state index contributed by atoms with van der Waals surface area (Å²) in [6.45, 7) is 4.62. The summed E-state index contributed by atoms with van der Waals surface area (Å²) in [4.78, 5) is 0. The van der Waals surface area contributed by atoms with Crippen molar-refractivity contribution in [1.82, 2.24) is 0 Å². The maximum absolute atomic E-state index is 6.68. The summed E-state index contributed by atoms with van der Waals surface area (Å²) in [6.07, 6.45) is 4.73. The Morgan fingerprint density at radius 1 is 1.39 bits per heavy atom. The van der Waals surface area contributed by atoms with Gasteiger partial charge in [-0.2, -0.15) is 0 Å². The van der Waals surface area contributed by atoms with Gasteiger partial charge in [0, 0.05) is 5.54 Å². The van der Waals surface area contributed by atoms with E-state index in [2.05, 4.69) is 26.0 Å². The fourth-order valence-electron chi connectivity index (χ4n) is 3.12. The topological polar surface area (TPSA) is 35.2 Å². The van der Waals surface area contributed by atoms with Crippen molar-refractivity contribution in [3.8, 4) is 5.75 Å². The van der Waals surface area contributed by atoms with Crippen molar-refractivity contribution in [1.29, 1.82) is 0 Å². The standard InChI is InChI=1S/C16H25NO/c1-12(2)13-6-5-9-16(17,11-13)14-7-4-8-15(10-14)18-3/h4,7-8,10,12-13H,5-6,9,11,17H2,1-3H3. The van der Waals surface area contributed by atoms with Gasteiger partial charge >= 0.3 is 0 Å². The third-order valence-corrected chi connectivity index (χ3v) is 4.41. The van der Waals surface area contributed by atoms with E-state index in [0.717, 1.165) is 30.4 Å². The molecule has 1 aromatic carbocycles. The van der Waals surface area contributed by atoms with Crippen molar-refractivity contribution in [2.45, 2.75) is 45.1 Å². The van der Waals surface area contributed by atoms with Crippen LogP contribution < -0.4 is 10.5 Å². The summed E-state index contributed by atoms with van der Waals surface area (Å²) in [7, 11) is 1.71. The van der Waals surface area contributed by atoms with Crippen molar-refractivity contribution in [2.24, 2.45) is 17.6 Å². The van der Waals surface area contributed by atoms with Crippen molar-refractivity contribution in [3.63, 3.8) is 0 Å². The summed E-state index contributed by atoms with van der Waals surface area (Å²) in [5.74, 6) is 2.37. The van der Waals surface area contributed by atoms with Crippen LogP contribution in [0.15, 0.2) is 24.3 Å². The van der Waals surface area contributed by atoms with Crippen LogP contribution in [0.2, 0.25) is 0 Å². The molecule has 0 saturated heterocycles. The van der Waals surface area contributed by atoms with E-state index in [1.165, 1.54) is 18.4 Å². The van der Waals surface area contributed by atoms with Crippen LogP contribution >= 0.6 is 0 Å². The van der Waals surface area contributed by atoms with Gasteiger partial charge in [0.25, 0.3) is 0 Å². The van der Waals surface area contributed by atoms with Gasteiger partial charge in [0.2, 0.25) is 0 Å². The Bertz CT molecular complexity index is 402. The fourth-order valence-corrected chi connectivity index (χ4v) is 3.12. The molecule has 1 aliphatic carbocycles. The Hall–Kier alpha value is -1.02. The first kappa shape index (κ1) is 13.4. The van der Waals surface area contributed by atoms with Gasteiger partial charge in [-0.25, -0.2) is 0 Å². The lowest BCUT2D eigenvalue weighted by molar-refractivity contribution is 0.183. The highest BCUT2D eigenvalue weighted by molar-refractivity contribution is 5.33. The number of nitrogens with two attached hydrogens (primary N) is 1. The van der Waals surface area contributed by atoms with Gasteiger partial charge in [-0.1, -0.05) is 38.8 Å². The van der Waals surface area contributed by atoms with Crippen LogP contribution in [0.1, 0.15) is 45.1 Å². The molecule has 0 aliphatic heterocycles. The molecule has 2 N–H and O–H groups in total. The first-order valence-corrected chi connectivity index (χ1v) is 6.98. The van der Waals surface area contributed by atoms with Crippen LogP contribution in [-0.4, -0.2) is 7.11 Å². The Kier molecular flexibility index (Phi) is 3.96. The predicted molar refractivity (Wildman–Crippen MR) is 75.7 cm³/mol. The van der Waals surface area contributed by atoms with E-state index >= 15 is 0 Å². The smallest absolute Gasteiger partial charge is 0.119 e. The van der Waals surface area contributed by atoms with Gasteiger partial charge in [-0.15, -0.1) is 0 Å². The number of hydrogen-bond acceptors (Lipinski definition) is 2. The first-order valence-electron chi connectivity index (χ1n) is 6.98. The average molecular weight is 247 g/mol. The third kappa shape index (κ3) is 2.69. The van der Waals surface area contributed by atoms with Crippen LogP contribution in [0.5, 0.6) is 5.75 Å². The van der Waals surface area contributed by atoms with Gasteiger partial charge < -0.3 is 10.5 Å². The van der Waals surface area contributed by atoms with E-state index in [1.807, 2.05) is 12.1 Å². The van der Waals surface area contributed by atoms with E-state index in [-0.39, 0.29) is 5.54 Å². The van der Waals surface area contributed by atoms with Gasteiger partial charge in [-0.3, -0.25) is 0 Å². The Morgan fingerprint density at radius 2 is 2.17 bits per heavy atom. The van der Waals surface area contributed by atoms with Gasteiger partial charge in [0.15, 0.2) is 0 Å². The summed E-state index contributed by atoms with van der Waals surface area (Å²) in [5.41, 5.74) is 7.74. The molecule has 1 aromatic rings. The average Bonchev–Trinajstić information content (AvgIpc) is 2.39. The second-order valence-electron chi connectivity index (χ2n) is 5.99. The Labute approximate surface area is 111 Å². The second-order valence-corrected chi connectivity index (χ2v) is 5.99. The van der Waals surface area contributed by atoms with Gasteiger partial charge in [0.1, 0.15) is 5.75 Å². The number of benzene rings is 1. The maximum atomic E-state index is 6.68. The highest BCUT2D eigenvalue weighted by Crippen LogP contribution is 2.41. The molecule has 1 saturated carbocycles. The molecule has 0 bridgehead atoms. The highest BCUT2D eigenvalue weighted by atomic mass is 16.5. The van der Waals surface area contributed by atoms with Crippen molar-refractivity contribution >= 4 is 0 Å². The normalized spacial score (nSPS) is 28.4. The molecular formula is C16H25NO. The molecule has 0 aromatic heterocycles. The summed E-state index contributed by atoms with van der Waals surface area (Å²) in [5, 5.41) is 0. The zero-order valence-corrected chi connectivity index (χ0v) is 11.8. The fraction of sp³-hybridized carbons (Fsp3) is 0.625. The van der Waals surface area contributed by atoms with Crippen LogP contribution in [0, 0.1) is 11.8 Å². The number of rotatable bonds is 3. The second kappa shape index (κ2) is 5.31. The molecule has 18 heavy (non-hydrogen) atoms. The van der Waals surface area contributed by atoms with Gasteiger partial charge in [-0.05, 0) is 42.4 Å². The molecule has 2 nitrogen and oxygen atoms in total. The molecule has 2 heteroatoms. The molecule has 0 radical (unpaired) electrons. The monoisotopic (exact) mass is 247 g/mol. The van der Waals surface area contributed by atoms with Crippen molar-refractivity contribution in [2.75, 3.05) is 7.11 Å². The minimum atomic E-state index is -0.165. The predicted octanol–water partition coefficient (Wildman–Crippen LogP) is 3.70. The van der Waals surface area contributed by atoms with Crippen LogP contribution in [0.25, 0.3) is 0 Å². The molecule has 0 spiro atoms. The quantitative estimate of drug-likeness (QED) is 0.884. The van der Waals surface area contributed by atoms with Crippen molar-refractivity contribution in [3.05, 3.63) is 29.8 Å². The largest absolute Gasteiger partial charge is 0.497 e. The number of hydrogen-bond donors (Lipinski definition) is 1. The van der Waals surface area contributed by atoms with Crippen LogP contribution in [0.3, 0.4) is 0 Å². The number of ether oxygens (including phenoxy) is 1. The minimum absolute atomic E-state index is 0.165. The first-order chi connectivity index (χ1) is 8.55. The van der Waals surface area contributed by atoms with E-state index in [9.17, 15) is 0 Å². The molecular weight excluding hydrogens is 222 g/mol. The summed E-state index contributed by atoms with van der Waals surface area (Å²) >= 11 is 0. The lowest BCUT2D eigenvalue weighted by Crippen LogP contribution is -2.42. The molecule has 0 heterocycles. The summed E-state index contributed by atoms with van der Waals surface area (Å²) in [6, 6.07) is 8.27. The van der Waals surface area contributed by atoms with Crippen LogP contribution in [0.4, 0.5) is 0 Å². The zero-order chi connectivity index (χ0) is 13.2. The molecule has 2 atom stereocenters. The third-order valence-electron chi connectivity index (χ3n) is 4.41.